The van der Waals surface area contributed by atoms with Crippen LogP contribution in [0.2, 0.25) is 0 Å². The van der Waals surface area contributed by atoms with Crippen molar-refractivity contribution in [2.24, 2.45) is 5.92 Å². The molecule has 1 aromatic carbocycles. The standard InChI is InChI=1S/C19H31N3O4/c1-13(2)18(19(3,4)23)20-14-8-10-21(11-9-14)16-7-6-15(22(24)25)12-17(16)26-5/h6-7,12-14,18,20,23H,8-11H2,1-5H3/t18-/m0/s1. The van der Waals surface area contributed by atoms with Crippen molar-refractivity contribution in [1.82, 2.24) is 5.32 Å². The molecule has 1 atom stereocenters. The maximum absolute atomic E-state index is 10.9. The van der Waals surface area contributed by atoms with Gasteiger partial charge in [-0.15, -0.1) is 0 Å². The number of nitro benzene ring substituents is 1. The lowest BCUT2D eigenvalue weighted by molar-refractivity contribution is -0.384. The first-order valence-corrected chi connectivity index (χ1v) is 9.19. The van der Waals surface area contributed by atoms with Crippen LogP contribution in [0.25, 0.3) is 0 Å². The summed E-state index contributed by atoms with van der Waals surface area (Å²) in [4.78, 5) is 12.7. The fourth-order valence-electron chi connectivity index (χ4n) is 3.79. The Morgan fingerprint density at radius 3 is 2.42 bits per heavy atom. The molecule has 26 heavy (non-hydrogen) atoms. The molecule has 0 aliphatic carbocycles. The fraction of sp³-hybridized carbons (Fsp3) is 0.684. The van der Waals surface area contributed by atoms with E-state index in [0.29, 0.717) is 17.7 Å². The first kappa shape index (κ1) is 20.5. The van der Waals surface area contributed by atoms with Crippen molar-refractivity contribution in [2.75, 3.05) is 25.1 Å². The normalized spacial score (nSPS) is 17.4. The third kappa shape index (κ3) is 4.86. The van der Waals surface area contributed by atoms with Crippen LogP contribution in [0.5, 0.6) is 5.75 Å². The predicted octanol–water partition coefficient (Wildman–Crippen LogP) is 2.96. The van der Waals surface area contributed by atoms with Gasteiger partial charge in [0.25, 0.3) is 5.69 Å². The van der Waals surface area contributed by atoms with Crippen molar-refractivity contribution in [2.45, 2.75) is 58.2 Å². The lowest BCUT2D eigenvalue weighted by Crippen LogP contribution is -2.55. The van der Waals surface area contributed by atoms with E-state index in [9.17, 15) is 15.2 Å². The van der Waals surface area contributed by atoms with Gasteiger partial charge in [0.2, 0.25) is 0 Å². The van der Waals surface area contributed by atoms with Crippen molar-refractivity contribution in [1.29, 1.82) is 0 Å². The molecule has 1 aliphatic heterocycles. The molecular weight excluding hydrogens is 334 g/mol. The summed E-state index contributed by atoms with van der Waals surface area (Å²) < 4.78 is 5.36. The highest BCUT2D eigenvalue weighted by Gasteiger charge is 2.32. The Balaban J connectivity index is 2.03. The second-order valence-corrected chi connectivity index (χ2v) is 7.92. The van der Waals surface area contributed by atoms with Crippen molar-refractivity contribution in [3.63, 3.8) is 0 Å². The van der Waals surface area contributed by atoms with Crippen LogP contribution in [0.3, 0.4) is 0 Å². The molecule has 7 nitrogen and oxygen atoms in total. The average molecular weight is 365 g/mol. The van der Waals surface area contributed by atoms with Gasteiger partial charge in [0.05, 0.1) is 29.4 Å². The molecule has 1 heterocycles. The van der Waals surface area contributed by atoms with Gasteiger partial charge in [0, 0.05) is 31.2 Å². The summed E-state index contributed by atoms with van der Waals surface area (Å²) in [5, 5.41) is 25.0. The zero-order valence-electron chi connectivity index (χ0n) is 16.4. The van der Waals surface area contributed by atoms with E-state index in [1.807, 2.05) is 13.8 Å². The molecule has 0 spiro atoms. The average Bonchev–Trinajstić information content (AvgIpc) is 2.58. The Kier molecular flexibility index (Phi) is 6.47. The van der Waals surface area contributed by atoms with Gasteiger partial charge in [-0.1, -0.05) is 13.8 Å². The highest BCUT2D eigenvalue weighted by atomic mass is 16.6. The third-order valence-corrected chi connectivity index (χ3v) is 5.05. The van der Waals surface area contributed by atoms with Gasteiger partial charge < -0.3 is 20.1 Å². The summed E-state index contributed by atoms with van der Waals surface area (Å²) >= 11 is 0. The predicted molar refractivity (Wildman–Crippen MR) is 103 cm³/mol. The number of nitrogens with one attached hydrogen (secondary N) is 1. The quantitative estimate of drug-likeness (QED) is 0.570. The van der Waals surface area contributed by atoms with E-state index >= 15 is 0 Å². The number of piperidine rings is 1. The van der Waals surface area contributed by atoms with E-state index < -0.39 is 10.5 Å². The molecule has 0 saturated carbocycles. The van der Waals surface area contributed by atoms with Gasteiger partial charge >= 0.3 is 0 Å². The van der Waals surface area contributed by atoms with Gasteiger partial charge in [-0.2, -0.15) is 0 Å². The summed E-state index contributed by atoms with van der Waals surface area (Å²) in [6.45, 7) is 9.60. The van der Waals surface area contributed by atoms with E-state index in [2.05, 4.69) is 24.1 Å². The minimum Gasteiger partial charge on any atom is -0.494 e. The first-order valence-electron chi connectivity index (χ1n) is 9.19. The van der Waals surface area contributed by atoms with Crippen molar-refractivity contribution in [3.05, 3.63) is 28.3 Å². The number of methoxy groups -OCH3 is 1. The van der Waals surface area contributed by atoms with Crippen LogP contribution < -0.4 is 15.0 Å². The van der Waals surface area contributed by atoms with Crippen LogP contribution in [0.15, 0.2) is 18.2 Å². The van der Waals surface area contributed by atoms with Gasteiger partial charge in [-0.3, -0.25) is 10.1 Å². The molecule has 2 N–H and O–H groups in total. The summed E-state index contributed by atoms with van der Waals surface area (Å²) in [6.07, 6.45) is 1.89. The lowest BCUT2D eigenvalue weighted by Gasteiger charge is -2.40. The Bertz CT molecular complexity index is 620. The van der Waals surface area contributed by atoms with Crippen LogP contribution in [-0.2, 0) is 0 Å². The number of ether oxygens (including phenoxy) is 1. The number of non-ortho nitro benzene ring substituents is 1. The van der Waals surface area contributed by atoms with Gasteiger partial charge in [-0.25, -0.2) is 0 Å². The van der Waals surface area contributed by atoms with Gasteiger partial charge in [0.1, 0.15) is 5.75 Å². The number of hydrogen-bond donors (Lipinski definition) is 2. The SMILES string of the molecule is COc1cc([N+](=O)[O-])ccc1N1CCC(N[C@@H](C(C)C)C(C)(C)O)CC1. The van der Waals surface area contributed by atoms with E-state index in [0.717, 1.165) is 31.6 Å². The number of hydrogen-bond acceptors (Lipinski definition) is 6. The zero-order valence-corrected chi connectivity index (χ0v) is 16.4. The molecule has 1 saturated heterocycles. The Hall–Kier alpha value is -1.86. The monoisotopic (exact) mass is 365 g/mol. The molecule has 1 aromatic rings. The van der Waals surface area contributed by atoms with Crippen LogP contribution in [-0.4, -0.2) is 47.9 Å². The zero-order chi connectivity index (χ0) is 19.5. The number of rotatable bonds is 7. The number of nitrogens with zero attached hydrogens (tertiary/aromatic N) is 2. The molecule has 7 heteroatoms. The van der Waals surface area contributed by atoms with Gasteiger partial charge in [-0.05, 0) is 38.7 Å². The molecule has 2 rings (SSSR count). The topological polar surface area (TPSA) is 87.9 Å². The number of nitro groups is 1. The maximum Gasteiger partial charge on any atom is 0.273 e. The van der Waals surface area contributed by atoms with Crippen LogP contribution in [0, 0.1) is 16.0 Å². The van der Waals surface area contributed by atoms with E-state index in [-0.39, 0.29) is 11.7 Å². The fourth-order valence-corrected chi connectivity index (χ4v) is 3.79. The number of benzene rings is 1. The van der Waals surface area contributed by atoms with Crippen molar-refractivity contribution < 1.29 is 14.8 Å². The van der Waals surface area contributed by atoms with Crippen molar-refractivity contribution >= 4 is 11.4 Å². The van der Waals surface area contributed by atoms with Crippen molar-refractivity contribution in [3.8, 4) is 5.75 Å². The molecule has 146 valence electrons. The molecule has 0 aromatic heterocycles. The molecule has 1 fully saturated rings. The second kappa shape index (κ2) is 8.22. The Labute approximate surface area is 155 Å². The minimum atomic E-state index is -0.771. The van der Waals surface area contributed by atoms with Crippen LogP contribution in [0.1, 0.15) is 40.5 Å². The largest absolute Gasteiger partial charge is 0.494 e. The summed E-state index contributed by atoms with van der Waals surface area (Å²) in [5.41, 5.74) is 0.152. The molecule has 0 amide bonds. The lowest BCUT2D eigenvalue weighted by atomic mass is 9.87. The second-order valence-electron chi connectivity index (χ2n) is 7.92. The highest BCUT2D eigenvalue weighted by Crippen LogP contribution is 2.34. The molecule has 0 radical (unpaired) electrons. The van der Waals surface area contributed by atoms with Crippen LogP contribution >= 0.6 is 0 Å². The number of aliphatic hydroxyl groups is 1. The molecule has 1 aliphatic rings. The summed E-state index contributed by atoms with van der Waals surface area (Å²) in [6, 6.07) is 5.13. The van der Waals surface area contributed by atoms with E-state index in [4.69, 9.17) is 4.74 Å². The minimum absolute atomic E-state index is 0.0344. The Morgan fingerprint density at radius 1 is 1.35 bits per heavy atom. The highest BCUT2D eigenvalue weighted by molar-refractivity contribution is 5.62. The van der Waals surface area contributed by atoms with E-state index in [1.165, 1.54) is 19.2 Å². The Morgan fingerprint density at radius 2 is 1.96 bits per heavy atom. The third-order valence-electron chi connectivity index (χ3n) is 5.05. The van der Waals surface area contributed by atoms with E-state index in [1.54, 1.807) is 6.07 Å². The summed E-state index contributed by atoms with van der Waals surface area (Å²) in [7, 11) is 1.54. The molecule has 0 bridgehead atoms. The van der Waals surface area contributed by atoms with Crippen LogP contribution in [0.4, 0.5) is 11.4 Å². The maximum atomic E-state index is 10.9. The number of anilines is 1. The smallest absolute Gasteiger partial charge is 0.273 e. The summed E-state index contributed by atoms with van der Waals surface area (Å²) in [5.74, 6) is 0.866. The molecule has 0 unspecified atom stereocenters. The first-order chi connectivity index (χ1) is 12.1. The molecular formula is C19H31N3O4. The van der Waals surface area contributed by atoms with Gasteiger partial charge in [0.15, 0.2) is 0 Å².